The van der Waals surface area contributed by atoms with E-state index in [-0.39, 0.29) is 17.7 Å². The number of benzene rings is 1. The van der Waals surface area contributed by atoms with E-state index in [4.69, 9.17) is 15.2 Å². The molecule has 1 aromatic carbocycles. The summed E-state index contributed by atoms with van der Waals surface area (Å²) in [6.45, 7) is 6.83. The van der Waals surface area contributed by atoms with Crippen molar-refractivity contribution in [2.75, 3.05) is 6.61 Å². The molecule has 0 radical (unpaired) electrons. The fourth-order valence-electron chi connectivity index (χ4n) is 3.16. The molecule has 1 unspecified atom stereocenters. The first-order valence-electron chi connectivity index (χ1n) is 7.73. The first kappa shape index (κ1) is 15.3. The number of rotatable bonds is 6. The van der Waals surface area contributed by atoms with E-state index in [0.29, 0.717) is 0 Å². The van der Waals surface area contributed by atoms with Crippen LogP contribution in [0.1, 0.15) is 58.1 Å². The lowest BCUT2D eigenvalue weighted by Gasteiger charge is -2.35. The van der Waals surface area contributed by atoms with Gasteiger partial charge in [0.25, 0.3) is 0 Å². The summed E-state index contributed by atoms with van der Waals surface area (Å²) >= 11 is 0. The zero-order chi connectivity index (χ0) is 14.6. The Kier molecular flexibility index (Phi) is 5.06. The molecule has 1 fully saturated rings. The Labute approximate surface area is 122 Å². The van der Waals surface area contributed by atoms with Crippen molar-refractivity contribution in [3.63, 3.8) is 0 Å². The van der Waals surface area contributed by atoms with Crippen molar-refractivity contribution in [1.29, 1.82) is 0 Å². The van der Waals surface area contributed by atoms with E-state index in [9.17, 15) is 0 Å². The highest BCUT2D eigenvalue weighted by atomic mass is 16.5. The molecule has 0 saturated heterocycles. The largest absolute Gasteiger partial charge is 0.491 e. The molecule has 0 spiro atoms. The van der Waals surface area contributed by atoms with Crippen LogP contribution in [0.3, 0.4) is 0 Å². The maximum absolute atomic E-state index is 6.54. The van der Waals surface area contributed by atoms with Gasteiger partial charge in [0, 0.05) is 6.61 Å². The van der Waals surface area contributed by atoms with Crippen LogP contribution in [0.4, 0.5) is 0 Å². The molecular weight excluding hydrogens is 250 g/mol. The van der Waals surface area contributed by atoms with Crippen LogP contribution in [0, 0.1) is 0 Å². The molecule has 1 aromatic rings. The van der Waals surface area contributed by atoms with Crippen molar-refractivity contribution in [3.05, 3.63) is 29.8 Å². The first-order chi connectivity index (χ1) is 9.57. The van der Waals surface area contributed by atoms with Crippen molar-refractivity contribution in [1.82, 2.24) is 0 Å². The van der Waals surface area contributed by atoms with Crippen LogP contribution in [0.5, 0.6) is 5.75 Å². The van der Waals surface area contributed by atoms with E-state index in [0.717, 1.165) is 30.8 Å². The number of hydrogen-bond donors (Lipinski definition) is 1. The molecule has 0 aliphatic heterocycles. The van der Waals surface area contributed by atoms with Crippen molar-refractivity contribution >= 4 is 0 Å². The lowest BCUT2D eigenvalue weighted by Crippen LogP contribution is -2.41. The van der Waals surface area contributed by atoms with Gasteiger partial charge in [-0.1, -0.05) is 25.0 Å². The molecule has 1 atom stereocenters. The van der Waals surface area contributed by atoms with Crippen LogP contribution in [0.2, 0.25) is 0 Å². The van der Waals surface area contributed by atoms with Crippen LogP contribution in [-0.4, -0.2) is 18.3 Å². The Hall–Kier alpha value is -1.06. The van der Waals surface area contributed by atoms with Gasteiger partial charge in [-0.15, -0.1) is 0 Å². The van der Waals surface area contributed by atoms with Gasteiger partial charge in [0.15, 0.2) is 0 Å². The molecule has 1 aliphatic carbocycles. The van der Waals surface area contributed by atoms with Crippen LogP contribution in [0.25, 0.3) is 0 Å². The Morgan fingerprint density at radius 3 is 2.55 bits per heavy atom. The van der Waals surface area contributed by atoms with Crippen molar-refractivity contribution in [2.45, 2.75) is 64.2 Å². The summed E-state index contributed by atoms with van der Waals surface area (Å²) in [5, 5.41) is 0. The number of ether oxygens (including phenoxy) is 2. The van der Waals surface area contributed by atoms with Crippen LogP contribution >= 0.6 is 0 Å². The van der Waals surface area contributed by atoms with Crippen LogP contribution in [-0.2, 0) is 4.74 Å². The minimum Gasteiger partial charge on any atom is -0.491 e. The van der Waals surface area contributed by atoms with Gasteiger partial charge in [0.2, 0.25) is 0 Å². The average molecular weight is 277 g/mol. The number of hydrogen-bond acceptors (Lipinski definition) is 3. The van der Waals surface area contributed by atoms with Gasteiger partial charge >= 0.3 is 0 Å². The van der Waals surface area contributed by atoms with Gasteiger partial charge < -0.3 is 15.2 Å². The Bertz CT molecular complexity index is 425. The summed E-state index contributed by atoms with van der Waals surface area (Å²) in [4.78, 5) is 0. The van der Waals surface area contributed by atoms with Gasteiger partial charge in [0.05, 0.1) is 17.7 Å². The monoisotopic (exact) mass is 277 g/mol. The highest BCUT2D eigenvalue weighted by Crippen LogP contribution is 2.42. The van der Waals surface area contributed by atoms with Gasteiger partial charge in [-0.3, -0.25) is 0 Å². The normalized spacial score (nSPS) is 19.2. The maximum Gasteiger partial charge on any atom is 0.120 e. The van der Waals surface area contributed by atoms with E-state index in [1.807, 2.05) is 32.9 Å². The molecule has 3 heteroatoms. The second-order valence-electron chi connectivity index (χ2n) is 5.92. The smallest absolute Gasteiger partial charge is 0.120 e. The van der Waals surface area contributed by atoms with Crippen LogP contribution < -0.4 is 10.5 Å². The van der Waals surface area contributed by atoms with E-state index < -0.39 is 0 Å². The lowest BCUT2D eigenvalue weighted by molar-refractivity contribution is -0.0536. The molecule has 3 nitrogen and oxygen atoms in total. The summed E-state index contributed by atoms with van der Waals surface area (Å²) in [7, 11) is 0. The summed E-state index contributed by atoms with van der Waals surface area (Å²) in [6.07, 6.45) is 4.69. The minimum absolute atomic E-state index is 0.0827. The van der Waals surface area contributed by atoms with Gasteiger partial charge in [0.1, 0.15) is 5.75 Å². The molecular formula is C17H27NO2. The van der Waals surface area contributed by atoms with E-state index >= 15 is 0 Å². The van der Waals surface area contributed by atoms with Gasteiger partial charge in [-0.2, -0.15) is 0 Å². The quantitative estimate of drug-likeness (QED) is 0.859. The molecule has 2 N–H and O–H groups in total. The number of nitrogens with two attached hydrogens (primary N) is 1. The molecule has 0 amide bonds. The predicted octanol–water partition coefficient (Wildman–Crippen LogP) is 3.82. The molecule has 0 bridgehead atoms. The average Bonchev–Trinajstić information content (AvgIpc) is 2.87. The molecule has 0 heterocycles. The van der Waals surface area contributed by atoms with E-state index in [1.54, 1.807) is 0 Å². The van der Waals surface area contributed by atoms with Crippen molar-refractivity contribution in [2.24, 2.45) is 5.73 Å². The second kappa shape index (κ2) is 6.59. The molecule has 1 aliphatic rings. The molecule has 112 valence electrons. The highest BCUT2D eigenvalue weighted by Gasteiger charge is 2.41. The summed E-state index contributed by atoms with van der Waals surface area (Å²) in [5.41, 5.74) is 7.46. The second-order valence-corrected chi connectivity index (χ2v) is 5.92. The molecule has 1 saturated carbocycles. The lowest BCUT2D eigenvalue weighted by atomic mass is 9.87. The van der Waals surface area contributed by atoms with E-state index in [2.05, 4.69) is 12.1 Å². The highest BCUT2D eigenvalue weighted by molar-refractivity contribution is 5.32. The van der Waals surface area contributed by atoms with Crippen molar-refractivity contribution < 1.29 is 9.47 Å². The summed E-state index contributed by atoms with van der Waals surface area (Å²) < 4.78 is 11.8. The van der Waals surface area contributed by atoms with Gasteiger partial charge in [-0.05, 0) is 51.3 Å². The third kappa shape index (κ3) is 3.33. The Morgan fingerprint density at radius 1 is 1.25 bits per heavy atom. The Balaban J connectivity index is 2.20. The summed E-state index contributed by atoms with van der Waals surface area (Å²) in [6, 6.07) is 8.06. The first-order valence-corrected chi connectivity index (χ1v) is 7.73. The fraction of sp³-hybridized carbons (Fsp3) is 0.647. The minimum atomic E-state index is -0.189. The molecule has 2 rings (SSSR count). The standard InChI is InChI=1S/C17H27NO2/c1-4-19-17(10-5-6-11-17)16(18)14-8-7-9-15(12-14)20-13(2)3/h7-9,12-13,16H,4-6,10-11,18H2,1-3H3. The van der Waals surface area contributed by atoms with E-state index in [1.165, 1.54) is 12.8 Å². The van der Waals surface area contributed by atoms with Crippen molar-refractivity contribution in [3.8, 4) is 5.75 Å². The molecule has 0 aromatic heterocycles. The fourth-order valence-corrected chi connectivity index (χ4v) is 3.16. The zero-order valence-electron chi connectivity index (χ0n) is 12.9. The van der Waals surface area contributed by atoms with Crippen LogP contribution in [0.15, 0.2) is 24.3 Å². The Morgan fingerprint density at radius 2 is 1.95 bits per heavy atom. The predicted molar refractivity (Wildman–Crippen MR) is 82.0 cm³/mol. The third-order valence-electron chi connectivity index (χ3n) is 4.04. The molecule has 20 heavy (non-hydrogen) atoms. The third-order valence-corrected chi connectivity index (χ3v) is 4.04. The van der Waals surface area contributed by atoms with Gasteiger partial charge in [-0.25, -0.2) is 0 Å². The topological polar surface area (TPSA) is 44.5 Å². The zero-order valence-corrected chi connectivity index (χ0v) is 12.9. The summed E-state index contributed by atoms with van der Waals surface area (Å²) in [5.74, 6) is 0.887. The SMILES string of the molecule is CCOC1(C(N)c2cccc(OC(C)C)c2)CCCC1. The maximum atomic E-state index is 6.54.